The molecular formula is C25H28N2O6. The maximum Gasteiger partial charge on any atom is 0.407 e. The second kappa shape index (κ2) is 9.62. The molecule has 3 atom stereocenters. The lowest BCUT2D eigenvalue weighted by Crippen LogP contribution is -2.52. The first-order chi connectivity index (χ1) is 15.9. The van der Waals surface area contributed by atoms with Gasteiger partial charge < -0.3 is 25.2 Å². The number of hydrogen-bond acceptors (Lipinski definition) is 5. The number of carboxylic acids is 1. The topological polar surface area (TPSA) is 116 Å². The van der Waals surface area contributed by atoms with Gasteiger partial charge in [0, 0.05) is 18.9 Å². The predicted octanol–water partition coefficient (Wildman–Crippen LogP) is 2.74. The number of nitrogens with one attached hydrogen (secondary N) is 1. The Bertz CT molecular complexity index is 1010. The van der Waals surface area contributed by atoms with Gasteiger partial charge in [0.1, 0.15) is 18.7 Å². The van der Waals surface area contributed by atoms with E-state index in [1.807, 2.05) is 55.5 Å². The van der Waals surface area contributed by atoms with Crippen LogP contribution in [0.2, 0.25) is 0 Å². The van der Waals surface area contributed by atoms with Gasteiger partial charge >= 0.3 is 12.1 Å². The maximum atomic E-state index is 13.0. The van der Waals surface area contributed by atoms with Crippen LogP contribution < -0.4 is 5.32 Å². The average Bonchev–Trinajstić information content (AvgIpc) is 3.35. The molecule has 4 rings (SSSR count). The highest BCUT2D eigenvalue weighted by molar-refractivity contribution is 5.90. The summed E-state index contributed by atoms with van der Waals surface area (Å²) in [5.74, 6) is -1.79. The summed E-state index contributed by atoms with van der Waals surface area (Å²) < 4.78 is 5.54. The molecular weight excluding hydrogens is 424 g/mol. The number of rotatable bonds is 7. The number of benzene rings is 2. The molecule has 174 valence electrons. The number of fused-ring (bicyclic) bond motifs is 3. The number of aliphatic carboxylic acids is 1. The Morgan fingerprint density at radius 3 is 2.27 bits per heavy atom. The zero-order valence-corrected chi connectivity index (χ0v) is 18.4. The smallest absolute Gasteiger partial charge is 0.407 e. The number of aliphatic hydroxyl groups excluding tert-OH is 1. The number of amides is 2. The largest absolute Gasteiger partial charge is 0.480 e. The first-order valence-corrected chi connectivity index (χ1v) is 11.2. The molecule has 1 aliphatic carbocycles. The summed E-state index contributed by atoms with van der Waals surface area (Å²) in [5.41, 5.74) is 4.41. The van der Waals surface area contributed by atoms with Crippen molar-refractivity contribution in [3.8, 4) is 11.1 Å². The standard InChI is InChI=1S/C25H28N2O6/c1-2-7-21(23(29)27-13-15(28)12-22(27)24(30)31)26-25(32)33-14-20-18-10-5-3-8-16(18)17-9-4-6-11-19(17)20/h3-6,8-11,15,20-22,28H,2,7,12-14H2,1H3,(H,26,32)(H,30,31). The quantitative estimate of drug-likeness (QED) is 0.595. The van der Waals surface area contributed by atoms with Crippen molar-refractivity contribution < 1.29 is 29.3 Å². The second-order valence-electron chi connectivity index (χ2n) is 8.55. The summed E-state index contributed by atoms with van der Waals surface area (Å²) in [6.45, 7) is 1.92. The second-order valence-corrected chi connectivity index (χ2v) is 8.55. The van der Waals surface area contributed by atoms with Gasteiger partial charge in [0.05, 0.1) is 6.10 Å². The van der Waals surface area contributed by atoms with Crippen LogP contribution in [0, 0.1) is 0 Å². The fourth-order valence-corrected chi connectivity index (χ4v) is 4.82. The van der Waals surface area contributed by atoms with E-state index < -0.39 is 36.2 Å². The molecule has 8 nitrogen and oxygen atoms in total. The summed E-state index contributed by atoms with van der Waals surface area (Å²) in [6.07, 6.45) is -0.705. The van der Waals surface area contributed by atoms with Crippen LogP contribution in [0.5, 0.6) is 0 Å². The first-order valence-electron chi connectivity index (χ1n) is 11.2. The van der Waals surface area contributed by atoms with E-state index >= 15 is 0 Å². The Hall–Kier alpha value is -3.39. The summed E-state index contributed by atoms with van der Waals surface area (Å²) >= 11 is 0. The molecule has 1 saturated heterocycles. The van der Waals surface area contributed by atoms with Crippen LogP contribution in [0.25, 0.3) is 11.1 Å². The van der Waals surface area contributed by atoms with Gasteiger partial charge in [-0.3, -0.25) is 4.79 Å². The van der Waals surface area contributed by atoms with Gasteiger partial charge in [-0.25, -0.2) is 9.59 Å². The molecule has 0 spiro atoms. The Morgan fingerprint density at radius 2 is 1.70 bits per heavy atom. The van der Waals surface area contributed by atoms with E-state index in [1.165, 1.54) is 0 Å². The van der Waals surface area contributed by atoms with Crippen molar-refractivity contribution in [2.75, 3.05) is 13.2 Å². The maximum absolute atomic E-state index is 13.0. The number of carbonyl (C=O) groups is 3. The lowest BCUT2D eigenvalue weighted by Gasteiger charge is -2.27. The number of aliphatic hydroxyl groups is 1. The lowest BCUT2D eigenvalue weighted by atomic mass is 9.98. The number of likely N-dealkylation sites (tertiary alicyclic amines) is 1. The molecule has 0 aromatic heterocycles. The van der Waals surface area contributed by atoms with Gasteiger partial charge in [-0.15, -0.1) is 0 Å². The van der Waals surface area contributed by atoms with Crippen molar-refractivity contribution in [1.82, 2.24) is 10.2 Å². The minimum absolute atomic E-state index is 0.0230. The highest BCUT2D eigenvalue weighted by Crippen LogP contribution is 2.44. The van der Waals surface area contributed by atoms with Crippen molar-refractivity contribution in [3.05, 3.63) is 59.7 Å². The van der Waals surface area contributed by atoms with E-state index in [2.05, 4.69) is 5.32 Å². The van der Waals surface area contributed by atoms with E-state index in [4.69, 9.17) is 4.74 Å². The summed E-state index contributed by atoms with van der Waals surface area (Å²) in [7, 11) is 0. The Labute approximate surface area is 192 Å². The van der Waals surface area contributed by atoms with Crippen molar-refractivity contribution in [2.24, 2.45) is 0 Å². The van der Waals surface area contributed by atoms with E-state index in [1.54, 1.807) is 0 Å². The normalized spacial score (nSPS) is 20.1. The molecule has 2 aromatic rings. The molecule has 0 saturated carbocycles. The summed E-state index contributed by atoms with van der Waals surface area (Å²) in [6, 6.07) is 14.0. The molecule has 3 N–H and O–H groups in total. The molecule has 0 radical (unpaired) electrons. The molecule has 1 fully saturated rings. The average molecular weight is 453 g/mol. The number of β-amino-alcohol motifs (C(OH)–C–C–N with tert-alkyl or cyclic N) is 1. The zero-order valence-electron chi connectivity index (χ0n) is 18.4. The van der Waals surface area contributed by atoms with Crippen LogP contribution in [-0.2, 0) is 14.3 Å². The molecule has 1 aliphatic heterocycles. The third-order valence-corrected chi connectivity index (χ3v) is 6.36. The van der Waals surface area contributed by atoms with E-state index in [0.29, 0.717) is 12.8 Å². The van der Waals surface area contributed by atoms with Gasteiger partial charge in [-0.05, 0) is 28.7 Å². The number of ether oxygens (including phenoxy) is 1. The SMILES string of the molecule is CCCC(NC(=O)OCC1c2ccccc2-c2ccccc21)C(=O)N1CC(O)CC1C(=O)O. The highest BCUT2D eigenvalue weighted by atomic mass is 16.5. The van der Waals surface area contributed by atoms with Gasteiger partial charge in [-0.2, -0.15) is 0 Å². The summed E-state index contributed by atoms with van der Waals surface area (Å²) in [4.78, 5) is 38.3. The van der Waals surface area contributed by atoms with Gasteiger partial charge in [0.15, 0.2) is 0 Å². The summed E-state index contributed by atoms with van der Waals surface area (Å²) in [5, 5.41) is 21.9. The van der Waals surface area contributed by atoms with E-state index in [9.17, 15) is 24.6 Å². The Morgan fingerprint density at radius 1 is 1.09 bits per heavy atom. The molecule has 2 aromatic carbocycles. The fraction of sp³-hybridized carbons (Fsp3) is 0.400. The minimum Gasteiger partial charge on any atom is -0.480 e. The van der Waals surface area contributed by atoms with E-state index in [0.717, 1.165) is 27.2 Å². The van der Waals surface area contributed by atoms with Crippen LogP contribution in [0.3, 0.4) is 0 Å². The van der Waals surface area contributed by atoms with Crippen molar-refractivity contribution in [1.29, 1.82) is 0 Å². The van der Waals surface area contributed by atoms with Crippen LogP contribution in [-0.4, -0.2) is 64.4 Å². The molecule has 0 bridgehead atoms. The van der Waals surface area contributed by atoms with Crippen LogP contribution in [0.15, 0.2) is 48.5 Å². The van der Waals surface area contributed by atoms with Crippen LogP contribution in [0.1, 0.15) is 43.2 Å². The van der Waals surface area contributed by atoms with Gasteiger partial charge in [0.25, 0.3) is 0 Å². The van der Waals surface area contributed by atoms with Crippen LogP contribution >= 0.6 is 0 Å². The zero-order chi connectivity index (χ0) is 23.5. The Balaban J connectivity index is 1.43. The van der Waals surface area contributed by atoms with Gasteiger partial charge in [-0.1, -0.05) is 61.9 Å². The number of hydrogen-bond donors (Lipinski definition) is 3. The molecule has 33 heavy (non-hydrogen) atoms. The number of nitrogens with zero attached hydrogens (tertiary/aromatic N) is 1. The molecule has 2 amide bonds. The monoisotopic (exact) mass is 452 g/mol. The molecule has 1 heterocycles. The van der Waals surface area contributed by atoms with Crippen molar-refractivity contribution in [3.63, 3.8) is 0 Å². The van der Waals surface area contributed by atoms with Crippen molar-refractivity contribution in [2.45, 2.75) is 50.3 Å². The lowest BCUT2D eigenvalue weighted by molar-refractivity contribution is -0.149. The van der Waals surface area contributed by atoms with Crippen LogP contribution in [0.4, 0.5) is 4.79 Å². The number of alkyl carbamates (subject to hydrolysis) is 1. The third-order valence-electron chi connectivity index (χ3n) is 6.36. The van der Waals surface area contributed by atoms with Crippen molar-refractivity contribution >= 4 is 18.0 Å². The molecule has 3 unspecified atom stereocenters. The fourth-order valence-electron chi connectivity index (χ4n) is 4.82. The number of carboxylic acid groups (broad SMARTS) is 1. The van der Waals surface area contributed by atoms with E-state index in [-0.39, 0.29) is 25.5 Å². The predicted molar refractivity (Wildman–Crippen MR) is 121 cm³/mol. The molecule has 2 aliphatic rings. The van der Waals surface area contributed by atoms with Gasteiger partial charge in [0.2, 0.25) is 5.91 Å². The minimum atomic E-state index is -1.17. The number of carbonyl (C=O) groups excluding carboxylic acids is 2. The first kappa shape index (κ1) is 22.8. The third kappa shape index (κ3) is 4.57. The highest BCUT2D eigenvalue weighted by Gasteiger charge is 2.41. The Kier molecular flexibility index (Phi) is 6.65. The molecule has 8 heteroatoms.